The van der Waals surface area contributed by atoms with Crippen LogP contribution in [0.3, 0.4) is 0 Å². The van der Waals surface area contributed by atoms with Gasteiger partial charge in [0, 0.05) is 6.08 Å². The Balaban J connectivity index is 3.11. The van der Waals surface area contributed by atoms with Crippen LogP contribution in [-0.2, 0) is 11.2 Å². The van der Waals surface area contributed by atoms with Gasteiger partial charge < -0.3 is 4.55 Å². The number of aryl methyl sites for hydroxylation is 1. The maximum absolute atomic E-state index is 11.4. The third kappa shape index (κ3) is 3.30. The second kappa shape index (κ2) is 5.64. The molecular weight excluding hydrogens is 224 g/mol. The zero-order valence-electron chi connectivity index (χ0n) is 9.53. The molecule has 0 bridgehead atoms. The van der Waals surface area contributed by atoms with Crippen LogP contribution in [0.25, 0.3) is 6.08 Å². The van der Waals surface area contributed by atoms with E-state index in [1.807, 2.05) is 18.4 Å². The summed E-state index contributed by atoms with van der Waals surface area (Å²) in [5.74, 6) is 0. The molecule has 0 amide bonds. The first kappa shape index (κ1) is 12.7. The summed E-state index contributed by atoms with van der Waals surface area (Å²) in [5, 5.41) is 0. The summed E-state index contributed by atoms with van der Waals surface area (Å²) in [5.41, 5.74) is 3.69. The summed E-state index contributed by atoms with van der Waals surface area (Å²) < 4.78 is 12.3. The average Bonchev–Trinajstić information content (AvgIpc) is 2.19. The lowest BCUT2D eigenvalue weighted by atomic mass is 10.0. The molecule has 0 aliphatic heterocycles. The van der Waals surface area contributed by atoms with Crippen molar-refractivity contribution in [2.24, 2.45) is 0 Å². The third-order valence-corrected chi connectivity index (χ3v) is 4.81. The highest BCUT2D eigenvalue weighted by atomic mass is 32.3. The molecule has 0 aliphatic rings. The van der Waals surface area contributed by atoms with Gasteiger partial charge >= 0.3 is 0 Å². The zero-order chi connectivity index (χ0) is 11.4. The van der Waals surface area contributed by atoms with E-state index in [9.17, 15) is 4.55 Å². The molecule has 1 unspecified atom stereocenters. The van der Waals surface area contributed by atoms with E-state index >= 15 is 0 Å². The lowest BCUT2D eigenvalue weighted by Crippen LogP contribution is -1.97. The van der Waals surface area contributed by atoms with Crippen LogP contribution in [0.5, 0.6) is 0 Å². The quantitative estimate of drug-likeness (QED) is 0.756. The summed E-state index contributed by atoms with van der Waals surface area (Å²) >= 11 is 0.654. The minimum atomic E-state index is -0.895. The topological polar surface area (TPSA) is 23.1 Å². The van der Waals surface area contributed by atoms with Crippen LogP contribution in [0.1, 0.15) is 16.7 Å². The fourth-order valence-corrected chi connectivity index (χ4v) is 2.79. The van der Waals surface area contributed by atoms with Crippen molar-refractivity contribution in [2.45, 2.75) is 13.8 Å². The number of hydrogen-bond donors (Lipinski definition) is 0. The summed E-state index contributed by atoms with van der Waals surface area (Å²) in [7, 11) is 0. The smallest absolute Gasteiger partial charge is 0.186 e. The molecule has 0 aliphatic carbocycles. The fraction of sp³-hybridized carbons (Fsp3) is 0.333. The van der Waals surface area contributed by atoms with Crippen molar-refractivity contribution in [3.63, 3.8) is 0 Å². The van der Waals surface area contributed by atoms with Crippen LogP contribution in [0, 0.1) is 13.8 Å². The average molecular weight is 240 g/mol. The van der Waals surface area contributed by atoms with Gasteiger partial charge in [-0.1, -0.05) is 30.0 Å². The monoisotopic (exact) mass is 240 g/mol. The van der Waals surface area contributed by atoms with Gasteiger partial charge in [0.05, 0.1) is 0 Å². The van der Waals surface area contributed by atoms with Crippen LogP contribution in [-0.4, -0.2) is 17.1 Å². The van der Waals surface area contributed by atoms with E-state index in [0.29, 0.717) is 0 Å². The molecule has 0 aromatic heterocycles. The Labute approximate surface area is 99.1 Å². The number of thioether (sulfide) groups is 1. The van der Waals surface area contributed by atoms with E-state index in [1.54, 1.807) is 18.0 Å². The number of hydrogen-bond acceptors (Lipinski definition) is 2. The normalized spacial score (nSPS) is 14.1. The standard InChI is InChI=1S/C12H16OS2/c1-9-6-5-7-11(10(9)2)8-12(14-3)15(4)13/h5-8H,1-4H3/b12-8+. The van der Waals surface area contributed by atoms with Gasteiger partial charge in [0.15, 0.2) is 4.24 Å². The Bertz CT molecular complexity index is 370. The van der Waals surface area contributed by atoms with E-state index in [1.165, 1.54) is 11.1 Å². The van der Waals surface area contributed by atoms with Crippen molar-refractivity contribution >= 4 is 29.0 Å². The molecule has 1 atom stereocenters. The molecule has 1 rings (SSSR count). The van der Waals surface area contributed by atoms with Gasteiger partial charge in [0.2, 0.25) is 0 Å². The van der Waals surface area contributed by atoms with Gasteiger partial charge in [-0.05, 0) is 48.0 Å². The highest BCUT2D eigenvalue weighted by molar-refractivity contribution is 8.18. The Morgan fingerprint density at radius 1 is 1.40 bits per heavy atom. The van der Waals surface area contributed by atoms with E-state index < -0.39 is 11.2 Å². The molecule has 0 saturated carbocycles. The molecule has 15 heavy (non-hydrogen) atoms. The minimum Gasteiger partial charge on any atom is -0.611 e. The van der Waals surface area contributed by atoms with Crippen LogP contribution in [0.2, 0.25) is 0 Å². The Morgan fingerprint density at radius 2 is 2.07 bits per heavy atom. The summed E-state index contributed by atoms with van der Waals surface area (Å²) in [6, 6.07) is 6.18. The maximum Gasteiger partial charge on any atom is 0.186 e. The molecule has 3 heteroatoms. The molecule has 0 radical (unpaired) electrons. The van der Waals surface area contributed by atoms with Crippen LogP contribution >= 0.6 is 11.8 Å². The van der Waals surface area contributed by atoms with Crippen molar-refractivity contribution in [3.8, 4) is 0 Å². The summed E-state index contributed by atoms with van der Waals surface area (Å²) in [6.45, 7) is 4.19. The number of benzene rings is 1. The Hall–Kier alpha value is -0.380. The van der Waals surface area contributed by atoms with Crippen LogP contribution in [0.15, 0.2) is 22.4 Å². The molecule has 82 valence electrons. The molecule has 0 heterocycles. The highest BCUT2D eigenvalue weighted by Crippen LogP contribution is 2.24. The summed E-state index contributed by atoms with van der Waals surface area (Å²) in [4.78, 5) is 0. The maximum atomic E-state index is 11.4. The fourth-order valence-electron chi connectivity index (χ4n) is 1.32. The Kier molecular flexibility index (Phi) is 4.77. The van der Waals surface area contributed by atoms with Crippen molar-refractivity contribution in [3.05, 3.63) is 39.1 Å². The predicted octanol–water partition coefficient (Wildman–Crippen LogP) is 3.34. The predicted molar refractivity (Wildman–Crippen MR) is 71.5 cm³/mol. The van der Waals surface area contributed by atoms with Gasteiger partial charge in [0.1, 0.15) is 6.26 Å². The van der Waals surface area contributed by atoms with Gasteiger partial charge in [-0.2, -0.15) is 0 Å². The van der Waals surface area contributed by atoms with Crippen LogP contribution < -0.4 is 0 Å². The third-order valence-electron chi connectivity index (χ3n) is 2.40. The zero-order valence-corrected chi connectivity index (χ0v) is 11.2. The second-order valence-corrected chi connectivity index (χ2v) is 5.87. The molecular formula is C12H16OS2. The Morgan fingerprint density at radius 3 is 2.60 bits per heavy atom. The van der Waals surface area contributed by atoms with Crippen LogP contribution in [0.4, 0.5) is 0 Å². The molecule has 0 N–H and O–H groups in total. The van der Waals surface area contributed by atoms with Crippen molar-refractivity contribution in [2.75, 3.05) is 12.5 Å². The first-order valence-electron chi connectivity index (χ1n) is 4.71. The van der Waals surface area contributed by atoms with E-state index in [2.05, 4.69) is 26.0 Å². The van der Waals surface area contributed by atoms with Crippen molar-refractivity contribution in [1.82, 2.24) is 0 Å². The molecule has 1 aromatic rings. The molecule has 0 saturated heterocycles. The molecule has 0 spiro atoms. The highest BCUT2D eigenvalue weighted by Gasteiger charge is 2.08. The molecule has 0 fully saturated rings. The van der Waals surface area contributed by atoms with E-state index in [-0.39, 0.29) is 0 Å². The number of rotatable bonds is 3. The van der Waals surface area contributed by atoms with E-state index in [0.717, 1.165) is 9.80 Å². The lowest BCUT2D eigenvalue weighted by molar-refractivity contribution is 0.608. The van der Waals surface area contributed by atoms with Crippen molar-refractivity contribution in [1.29, 1.82) is 0 Å². The van der Waals surface area contributed by atoms with Gasteiger partial charge in [-0.15, -0.1) is 0 Å². The summed E-state index contributed by atoms with van der Waals surface area (Å²) in [6.07, 6.45) is 5.69. The minimum absolute atomic E-state index is 0.895. The van der Waals surface area contributed by atoms with Gasteiger partial charge in [0.25, 0.3) is 0 Å². The second-order valence-electron chi connectivity index (χ2n) is 3.41. The van der Waals surface area contributed by atoms with Crippen molar-refractivity contribution < 1.29 is 4.55 Å². The van der Waals surface area contributed by atoms with Gasteiger partial charge in [-0.25, -0.2) is 0 Å². The first-order valence-corrected chi connectivity index (χ1v) is 7.50. The molecule has 1 nitrogen and oxygen atoms in total. The first-order chi connectivity index (χ1) is 7.06. The lowest BCUT2D eigenvalue weighted by Gasteiger charge is -2.08. The van der Waals surface area contributed by atoms with E-state index in [4.69, 9.17) is 0 Å². The van der Waals surface area contributed by atoms with Gasteiger partial charge in [-0.3, -0.25) is 0 Å². The largest absolute Gasteiger partial charge is 0.611 e. The molecule has 1 aromatic carbocycles. The SMILES string of the molecule is CS/C(=C\c1cccc(C)c1C)[S+](C)[O-].